The lowest BCUT2D eigenvalue weighted by Gasteiger charge is -2.18. The number of hydrogen-bond donors (Lipinski definition) is 0. The van der Waals surface area contributed by atoms with Gasteiger partial charge in [0.2, 0.25) is 5.91 Å². The maximum absolute atomic E-state index is 12.6. The molecular formula is C19H23N3O3S. The Morgan fingerprint density at radius 3 is 2.54 bits per heavy atom. The number of aromatic nitrogens is 1. The molecule has 0 spiro atoms. The summed E-state index contributed by atoms with van der Waals surface area (Å²) < 4.78 is 5.26. The van der Waals surface area contributed by atoms with E-state index >= 15 is 0 Å². The number of likely N-dealkylation sites (N-methyl/N-ethyl adjacent to an activating group) is 1. The summed E-state index contributed by atoms with van der Waals surface area (Å²) in [4.78, 5) is 31.8. The lowest BCUT2D eigenvalue weighted by molar-refractivity contribution is -0.113. The van der Waals surface area contributed by atoms with E-state index in [-0.39, 0.29) is 17.9 Å². The van der Waals surface area contributed by atoms with Gasteiger partial charge in [-0.3, -0.25) is 9.59 Å². The summed E-state index contributed by atoms with van der Waals surface area (Å²) >= 11 is 1.52. The van der Waals surface area contributed by atoms with Gasteiger partial charge < -0.3 is 14.5 Å². The van der Waals surface area contributed by atoms with Crippen molar-refractivity contribution in [3.63, 3.8) is 0 Å². The van der Waals surface area contributed by atoms with Crippen molar-refractivity contribution < 1.29 is 14.3 Å². The van der Waals surface area contributed by atoms with Gasteiger partial charge in [-0.1, -0.05) is 6.58 Å². The van der Waals surface area contributed by atoms with Crippen LogP contribution in [0.25, 0.3) is 0 Å². The Morgan fingerprint density at radius 2 is 1.96 bits per heavy atom. The second kappa shape index (κ2) is 8.73. The first-order valence-electron chi connectivity index (χ1n) is 8.10. The summed E-state index contributed by atoms with van der Waals surface area (Å²) in [5.74, 6) is -0.311. The smallest absolute Gasteiger partial charge is 0.253 e. The minimum atomic E-state index is -0.203. The van der Waals surface area contributed by atoms with E-state index in [1.807, 2.05) is 12.3 Å². The van der Waals surface area contributed by atoms with E-state index in [1.54, 1.807) is 50.4 Å². The number of benzene rings is 1. The number of amides is 2. The lowest BCUT2D eigenvalue weighted by atomic mass is 10.1. The zero-order valence-corrected chi connectivity index (χ0v) is 16.2. The molecule has 2 rings (SSSR count). The first-order chi connectivity index (χ1) is 12.4. The van der Waals surface area contributed by atoms with E-state index in [4.69, 9.17) is 4.74 Å². The summed E-state index contributed by atoms with van der Waals surface area (Å²) in [6.07, 6.45) is 1.19. The van der Waals surface area contributed by atoms with Crippen LogP contribution in [0.3, 0.4) is 0 Å². The fourth-order valence-electron chi connectivity index (χ4n) is 2.31. The van der Waals surface area contributed by atoms with Crippen LogP contribution in [-0.4, -0.2) is 42.9 Å². The molecule has 26 heavy (non-hydrogen) atoms. The molecule has 0 aliphatic heterocycles. The molecule has 1 heterocycles. The van der Waals surface area contributed by atoms with E-state index in [0.717, 1.165) is 10.7 Å². The maximum atomic E-state index is 12.6. The Labute approximate surface area is 157 Å². The van der Waals surface area contributed by atoms with Crippen LogP contribution in [-0.2, 0) is 16.1 Å². The third-order valence-electron chi connectivity index (χ3n) is 4.02. The van der Waals surface area contributed by atoms with Crippen LogP contribution < -0.4 is 4.90 Å². The number of thiazole rings is 1. The van der Waals surface area contributed by atoms with Gasteiger partial charge in [0.15, 0.2) is 0 Å². The number of ether oxygens (including phenoxy) is 1. The highest BCUT2D eigenvalue weighted by Gasteiger charge is 2.16. The molecule has 2 amide bonds. The highest BCUT2D eigenvalue weighted by molar-refractivity contribution is 7.09. The minimum absolute atomic E-state index is 0.0578. The second-order valence-electron chi connectivity index (χ2n) is 5.86. The number of hydrogen-bond acceptors (Lipinski definition) is 5. The Kier molecular flexibility index (Phi) is 6.65. The average molecular weight is 373 g/mol. The Morgan fingerprint density at radius 1 is 1.31 bits per heavy atom. The van der Waals surface area contributed by atoms with Crippen molar-refractivity contribution >= 4 is 28.8 Å². The van der Waals surface area contributed by atoms with Crippen LogP contribution in [0.4, 0.5) is 5.69 Å². The zero-order valence-electron chi connectivity index (χ0n) is 15.4. The van der Waals surface area contributed by atoms with Crippen molar-refractivity contribution in [2.24, 2.45) is 0 Å². The van der Waals surface area contributed by atoms with Crippen LogP contribution in [0.15, 0.2) is 42.3 Å². The molecule has 0 aliphatic carbocycles. The van der Waals surface area contributed by atoms with Gasteiger partial charge in [-0.05, 0) is 37.3 Å². The SMILES string of the molecule is C=CC(=O)N(C)c1ccc(C(=O)N(C)Cc2csc(C(C)OC)n2)cc1. The number of carbonyl (C=O) groups is 2. The molecule has 2 aromatic rings. The van der Waals surface area contributed by atoms with Crippen molar-refractivity contribution in [1.29, 1.82) is 0 Å². The fraction of sp³-hybridized carbons (Fsp3) is 0.316. The topological polar surface area (TPSA) is 62.7 Å². The number of nitrogens with zero attached hydrogens (tertiary/aromatic N) is 3. The number of methoxy groups -OCH3 is 1. The highest BCUT2D eigenvalue weighted by Crippen LogP contribution is 2.21. The largest absolute Gasteiger partial charge is 0.375 e. The molecule has 6 nitrogen and oxygen atoms in total. The third kappa shape index (κ3) is 4.56. The van der Waals surface area contributed by atoms with Crippen LogP contribution in [0.5, 0.6) is 0 Å². The van der Waals surface area contributed by atoms with Crippen molar-refractivity contribution in [3.8, 4) is 0 Å². The molecule has 0 fully saturated rings. The van der Waals surface area contributed by atoms with E-state index in [2.05, 4.69) is 11.6 Å². The van der Waals surface area contributed by atoms with Gasteiger partial charge in [0, 0.05) is 37.8 Å². The number of anilines is 1. The third-order valence-corrected chi connectivity index (χ3v) is 5.08. The average Bonchev–Trinajstić information content (AvgIpc) is 3.14. The molecule has 1 unspecified atom stereocenters. The van der Waals surface area contributed by atoms with Crippen LogP contribution >= 0.6 is 11.3 Å². The van der Waals surface area contributed by atoms with Crippen molar-refractivity contribution in [1.82, 2.24) is 9.88 Å². The molecule has 1 aromatic heterocycles. The van der Waals surface area contributed by atoms with Gasteiger partial charge in [0.1, 0.15) is 11.1 Å². The molecule has 0 aliphatic rings. The van der Waals surface area contributed by atoms with Crippen molar-refractivity contribution in [3.05, 3.63) is 58.6 Å². The normalized spacial score (nSPS) is 11.7. The second-order valence-corrected chi connectivity index (χ2v) is 6.75. The predicted molar refractivity (Wildman–Crippen MR) is 103 cm³/mol. The van der Waals surface area contributed by atoms with E-state index < -0.39 is 0 Å². The van der Waals surface area contributed by atoms with Crippen LogP contribution in [0.1, 0.15) is 34.1 Å². The molecule has 0 N–H and O–H groups in total. The number of carbonyl (C=O) groups excluding carboxylic acids is 2. The Bertz CT molecular complexity index is 786. The van der Waals surface area contributed by atoms with Crippen molar-refractivity contribution in [2.75, 3.05) is 26.1 Å². The minimum Gasteiger partial charge on any atom is -0.375 e. The van der Waals surface area contributed by atoms with E-state index in [1.165, 1.54) is 22.3 Å². The summed E-state index contributed by atoms with van der Waals surface area (Å²) in [5.41, 5.74) is 2.08. The van der Waals surface area contributed by atoms with Crippen LogP contribution in [0.2, 0.25) is 0 Å². The summed E-state index contributed by atoms with van der Waals surface area (Å²) in [6.45, 7) is 5.83. The standard InChI is InChI=1S/C19H23N3O3S/c1-6-17(23)22(4)16-9-7-14(8-10-16)19(24)21(3)11-15-12-26-18(20-15)13(2)25-5/h6-10,12-13H,1,11H2,2-5H3. The molecule has 1 aromatic carbocycles. The molecule has 0 bridgehead atoms. The lowest BCUT2D eigenvalue weighted by Crippen LogP contribution is -2.27. The van der Waals surface area contributed by atoms with Gasteiger partial charge in [0.25, 0.3) is 5.91 Å². The number of rotatable bonds is 7. The molecular weight excluding hydrogens is 350 g/mol. The summed E-state index contributed by atoms with van der Waals surface area (Å²) in [7, 11) is 5.04. The van der Waals surface area contributed by atoms with E-state index in [0.29, 0.717) is 17.8 Å². The van der Waals surface area contributed by atoms with Gasteiger partial charge in [-0.25, -0.2) is 4.98 Å². The molecule has 0 saturated heterocycles. The molecule has 138 valence electrons. The Hall–Kier alpha value is -2.51. The fourth-order valence-corrected chi connectivity index (χ4v) is 3.15. The van der Waals surface area contributed by atoms with Gasteiger partial charge in [-0.15, -0.1) is 11.3 Å². The quantitative estimate of drug-likeness (QED) is 0.699. The van der Waals surface area contributed by atoms with Gasteiger partial charge in [-0.2, -0.15) is 0 Å². The monoisotopic (exact) mass is 373 g/mol. The predicted octanol–water partition coefficient (Wildman–Crippen LogP) is 3.27. The van der Waals surface area contributed by atoms with Gasteiger partial charge >= 0.3 is 0 Å². The molecule has 7 heteroatoms. The zero-order chi connectivity index (χ0) is 19.3. The van der Waals surface area contributed by atoms with Crippen molar-refractivity contribution in [2.45, 2.75) is 19.6 Å². The summed E-state index contributed by atoms with van der Waals surface area (Å²) in [6, 6.07) is 6.90. The molecule has 1 atom stereocenters. The first kappa shape index (κ1) is 19.8. The van der Waals surface area contributed by atoms with Gasteiger partial charge in [0.05, 0.1) is 12.2 Å². The molecule has 0 radical (unpaired) electrons. The maximum Gasteiger partial charge on any atom is 0.253 e. The first-order valence-corrected chi connectivity index (χ1v) is 8.98. The molecule has 0 saturated carbocycles. The Balaban J connectivity index is 2.04. The van der Waals surface area contributed by atoms with E-state index in [9.17, 15) is 9.59 Å². The van der Waals surface area contributed by atoms with Crippen LogP contribution in [0, 0.1) is 0 Å². The summed E-state index contributed by atoms with van der Waals surface area (Å²) in [5, 5.41) is 2.83. The highest BCUT2D eigenvalue weighted by atomic mass is 32.1.